The Morgan fingerprint density at radius 3 is 2.30 bits per heavy atom. The number of benzene rings is 3. The second-order valence-corrected chi connectivity index (χ2v) is 8.64. The first-order valence-electron chi connectivity index (χ1n) is 10.4. The van der Waals surface area contributed by atoms with E-state index < -0.39 is 0 Å². The van der Waals surface area contributed by atoms with Crippen LogP contribution in [0.2, 0.25) is 10.0 Å². The molecule has 5 aromatic rings. The summed E-state index contributed by atoms with van der Waals surface area (Å²) in [6, 6.07) is 27.5. The molecule has 1 atom stereocenters. The Kier molecular flexibility index (Phi) is 5.91. The van der Waals surface area contributed by atoms with Gasteiger partial charge in [-0.25, -0.2) is 4.98 Å². The Labute approximate surface area is 201 Å². The lowest BCUT2D eigenvalue weighted by Gasteiger charge is -2.20. The highest BCUT2D eigenvalue weighted by atomic mass is 35.5. The number of hydrogen-bond acceptors (Lipinski definition) is 3. The molecule has 0 bridgehead atoms. The molecular weight excluding hydrogens is 451 g/mol. The highest BCUT2D eigenvalue weighted by molar-refractivity contribution is 6.31. The van der Waals surface area contributed by atoms with Crippen LogP contribution >= 0.6 is 23.2 Å². The summed E-state index contributed by atoms with van der Waals surface area (Å²) in [5.41, 5.74) is 6.23. The van der Waals surface area contributed by atoms with Crippen molar-refractivity contribution in [3.8, 4) is 11.1 Å². The van der Waals surface area contributed by atoms with E-state index in [0.29, 0.717) is 15.7 Å². The van der Waals surface area contributed by atoms with Crippen LogP contribution in [-0.2, 0) is 0 Å². The molecule has 0 fully saturated rings. The summed E-state index contributed by atoms with van der Waals surface area (Å²) in [6.45, 7) is 0. The third-order valence-corrected chi connectivity index (χ3v) is 6.15. The standard InChI is InChI=1S/C28H18Cl2N2O/c29-22-9-6-18(7-10-22)28(21-4-2-12-31-16-21)20-8-11-27-26(14-20)25(15-24(17-33)32-27)19-3-1-5-23(30)13-19/h1-17,28H. The number of aromatic nitrogens is 2. The minimum absolute atomic E-state index is 0.0432. The van der Waals surface area contributed by atoms with Crippen LogP contribution in [0.5, 0.6) is 0 Å². The normalized spacial score (nSPS) is 11.9. The summed E-state index contributed by atoms with van der Waals surface area (Å²) in [4.78, 5) is 20.4. The quantitative estimate of drug-likeness (QED) is 0.249. The molecule has 160 valence electrons. The van der Waals surface area contributed by atoms with E-state index in [1.165, 1.54) is 0 Å². The van der Waals surface area contributed by atoms with E-state index in [1.54, 1.807) is 6.20 Å². The Hall–Kier alpha value is -3.53. The SMILES string of the molecule is O=Cc1cc(-c2cccc(Cl)c2)c2cc(C(c3ccc(Cl)cc3)c3cccnc3)ccc2n1. The Balaban J connectivity index is 1.75. The van der Waals surface area contributed by atoms with Crippen LogP contribution in [-0.4, -0.2) is 16.3 Å². The highest BCUT2D eigenvalue weighted by Crippen LogP contribution is 2.36. The lowest BCUT2D eigenvalue weighted by Crippen LogP contribution is -2.04. The van der Waals surface area contributed by atoms with Crippen LogP contribution in [0.1, 0.15) is 33.1 Å². The minimum Gasteiger partial charge on any atom is -0.296 e. The molecule has 0 aliphatic rings. The van der Waals surface area contributed by atoms with Gasteiger partial charge in [0.15, 0.2) is 6.29 Å². The fraction of sp³-hybridized carbons (Fsp3) is 0.0357. The van der Waals surface area contributed by atoms with Crippen LogP contribution in [0, 0.1) is 0 Å². The molecule has 33 heavy (non-hydrogen) atoms. The average molecular weight is 469 g/mol. The molecule has 5 rings (SSSR count). The van der Waals surface area contributed by atoms with E-state index in [2.05, 4.69) is 28.2 Å². The molecule has 0 aliphatic heterocycles. The summed E-state index contributed by atoms with van der Waals surface area (Å²) in [6.07, 6.45) is 4.42. The Morgan fingerprint density at radius 2 is 1.58 bits per heavy atom. The average Bonchev–Trinajstić information content (AvgIpc) is 2.85. The topological polar surface area (TPSA) is 42.9 Å². The van der Waals surface area contributed by atoms with Gasteiger partial charge in [-0.1, -0.05) is 59.6 Å². The summed E-state index contributed by atoms with van der Waals surface area (Å²) < 4.78 is 0. The van der Waals surface area contributed by atoms with Crippen molar-refractivity contribution in [3.63, 3.8) is 0 Å². The van der Waals surface area contributed by atoms with Gasteiger partial charge < -0.3 is 0 Å². The molecule has 0 N–H and O–H groups in total. The van der Waals surface area contributed by atoms with Gasteiger partial charge in [0.25, 0.3) is 0 Å². The van der Waals surface area contributed by atoms with Crippen molar-refractivity contribution in [1.82, 2.24) is 9.97 Å². The van der Waals surface area contributed by atoms with E-state index >= 15 is 0 Å². The first-order valence-corrected chi connectivity index (χ1v) is 11.2. The van der Waals surface area contributed by atoms with Gasteiger partial charge >= 0.3 is 0 Å². The lowest BCUT2D eigenvalue weighted by molar-refractivity contribution is 0.111. The zero-order valence-corrected chi connectivity index (χ0v) is 19.0. The van der Waals surface area contributed by atoms with Crippen molar-refractivity contribution >= 4 is 40.4 Å². The number of aldehydes is 1. The number of fused-ring (bicyclic) bond motifs is 1. The summed E-state index contributed by atoms with van der Waals surface area (Å²) >= 11 is 12.4. The third-order valence-electron chi connectivity index (χ3n) is 5.66. The van der Waals surface area contributed by atoms with E-state index in [1.807, 2.05) is 72.9 Å². The van der Waals surface area contributed by atoms with E-state index in [9.17, 15) is 4.79 Å². The molecule has 0 spiro atoms. The molecule has 0 amide bonds. The largest absolute Gasteiger partial charge is 0.296 e. The van der Waals surface area contributed by atoms with Crippen LogP contribution in [0.3, 0.4) is 0 Å². The number of pyridine rings is 2. The van der Waals surface area contributed by atoms with Crippen LogP contribution in [0.15, 0.2) is 97.3 Å². The van der Waals surface area contributed by atoms with Crippen LogP contribution < -0.4 is 0 Å². The molecule has 0 saturated carbocycles. The van der Waals surface area contributed by atoms with Gasteiger partial charge in [-0.3, -0.25) is 9.78 Å². The zero-order valence-electron chi connectivity index (χ0n) is 17.5. The summed E-state index contributed by atoms with van der Waals surface area (Å²) in [5.74, 6) is -0.0432. The Bertz CT molecular complexity index is 1450. The lowest BCUT2D eigenvalue weighted by atomic mass is 9.85. The maximum atomic E-state index is 11.6. The minimum atomic E-state index is -0.0432. The predicted octanol–water partition coefficient (Wildman–Crippen LogP) is 7.60. The van der Waals surface area contributed by atoms with Gasteiger partial charge in [-0.2, -0.15) is 0 Å². The molecule has 0 radical (unpaired) electrons. The van der Waals surface area contributed by atoms with Gasteiger partial charge in [-0.05, 0) is 76.3 Å². The first-order chi connectivity index (χ1) is 16.1. The Morgan fingerprint density at radius 1 is 0.758 bits per heavy atom. The van der Waals surface area contributed by atoms with Gasteiger partial charge in [0.1, 0.15) is 5.69 Å². The zero-order chi connectivity index (χ0) is 22.8. The molecule has 3 nitrogen and oxygen atoms in total. The summed E-state index contributed by atoms with van der Waals surface area (Å²) in [5, 5.41) is 2.27. The fourth-order valence-electron chi connectivity index (χ4n) is 4.18. The van der Waals surface area contributed by atoms with Gasteiger partial charge in [0, 0.05) is 33.7 Å². The number of halogens is 2. The predicted molar refractivity (Wildman–Crippen MR) is 134 cm³/mol. The van der Waals surface area contributed by atoms with Crippen molar-refractivity contribution in [2.75, 3.05) is 0 Å². The molecular formula is C28H18Cl2N2O. The smallest absolute Gasteiger partial charge is 0.168 e. The van der Waals surface area contributed by atoms with Crippen molar-refractivity contribution in [3.05, 3.63) is 130 Å². The second-order valence-electron chi connectivity index (χ2n) is 7.77. The number of hydrogen-bond donors (Lipinski definition) is 0. The van der Waals surface area contributed by atoms with Gasteiger partial charge in [-0.15, -0.1) is 0 Å². The fourth-order valence-corrected chi connectivity index (χ4v) is 4.49. The molecule has 1 unspecified atom stereocenters. The van der Waals surface area contributed by atoms with E-state index in [0.717, 1.165) is 45.0 Å². The second kappa shape index (κ2) is 9.14. The highest BCUT2D eigenvalue weighted by Gasteiger charge is 2.19. The molecule has 5 heteroatoms. The van der Waals surface area contributed by atoms with E-state index in [4.69, 9.17) is 23.2 Å². The molecule has 0 saturated heterocycles. The van der Waals surface area contributed by atoms with Crippen LogP contribution in [0.4, 0.5) is 0 Å². The molecule has 2 aromatic heterocycles. The maximum absolute atomic E-state index is 11.6. The monoisotopic (exact) mass is 468 g/mol. The molecule has 0 aliphatic carbocycles. The van der Waals surface area contributed by atoms with Crippen molar-refractivity contribution in [1.29, 1.82) is 0 Å². The van der Waals surface area contributed by atoms with Crippen molar-refractivity contribution in [2.24, 2.45) is 0 Å². The van der Waals surface area contributed by atoms with Crippen LogP contribution in [0.25, 0.3) is 22.0 Å². The number of carbonyl (C=O) groups excluding carboxylic acids is 1. The maximum Gasteiger partial charge on any atom is 0.168 e. The van der Waals surface area contributed by atoms with Gasteiger partial charge in [0.05, 0.1) is 5.52 Å². The van der Waals surface area contributed by atoms with Gasteiger partial charge in [0.2, 0.25) is 0 Å². The third kappa shape index (κ3) is 4.38. The number of rotatable bonds is 5. The molecule has 2 heterocycles. The van der Waals surface area contributed by atoms with E-state index in [-0.39, 0.29) is 5.92 Å². The number of nitrogens with zero attached hydrogens (tertiary/aromatic N) is 2. The first kappa shape index (κ1) is 21.3. The number of carbonyl (C=O) groups is 1. The molecule has 3 aromatic carbocycles. The van der Waals surface area contributed by atoms with Crippen molar-refractivity contribution < 1.29 is 4.79 Å². The summed E-state index contributed by atoms with van der Waals surface area (Å²) in [7, 11) is 0. The van der Waals surface area contributed by atoms with Crippen molar-refractivity contribution in [2.45, 2.75) is 5.92 Å².